The summed E-state index contributed by atoms with van der Waals surface area (Å²) in [5.41, 5.74) is 0.0897. The Morgan fingerprint density at radius 1 is 1.35 bits per heavy atom. The number of hydrogen-bond acceptors (Lipinski definition) is 7. The van der Waals surface area contributed by atoms with E-state index in [2.05, 4.69) is 15.5 Å². The van der Waals surface area contributed by atoms with E-state index in [1.54, 1.807) is 0 Å². The minimum absolute atomic E-state index is 0.0634. The van der Waals surface area contributed by atoms with Crippen molar-refractivity contribution >= 4 is 55.8 Å². The van der Waals surface area contributed by atoms with Crippen molar-refractivity contribution < 1.29 is 13.2 Å². The highest BCUT2D eigenvalue weighted by atomic mass is 35.5. The lowest BCUT2D eigenvalue weighted by Gasteiger charge is -2.16. The summed E-state index contributed by atoms with van der Waals surface area (Å²) in [5.74, 6) is 0.336. The summed E-state index contributed by atoms with van der Waals surface area (Å²) in [6, 6.07) is 4.17. The molecule has 0 aliphatic carbocycles. The van der Waals surface area contributed by atoms with Gasteiger partial charge in [-0.25, -0.2) is 8.42 Å². The van der Waals surface area contributed by atoms with E-state index >= 15 is 0 Å². The van der Waals surface area contributed by atoms with E-state index in [4.69, 9.17) is 11.6 Å². The smallest absolute Gasteiger partial charge is 0.259 e. The highest BCUT2D eigenvalue weighted by Gasteiger charge is 2.28. The van der Waals surface area contributed by atoms with Crippen molar-refractivity contribution in [2.75, 3.05) is 24.2 Å². The molecule has 0 saturated carbocycles. The zero-order valence-corrected chi connectivity index (χ0v) is 17.1. The van der Waals surface area contributed by atoms with Crippen molar-refractivity contribution in [1.29, 1.82) is 0 Å². The average Bonchev–Trinajstić information content (AvgIpc) is 3.27. The van der Waals surface area contributed by atoms with E-state index in [1.165, 1.54) is 45.6 Å². The minimum atomic E-state index is -3.62. The van der Waals surface area contributed by atoms with Gasteiger partial charge in [-0.1, -0.05) is 41.6 Å². The van der Waals surface area contributed by atoms with Gasteiger partial charge in [-0.3, -0.25) is 10.1 Å². The first-order chi connectivity index (χ1) is 12.4. The maximum Gasteiger partial charge on any atom is 0.259 e. The second kappa shape index (κ2) is 8.22. The number of amides is 1. The van der Waals surface area contributed by atoms with E-state index < -0.39 is 15.9 Å². The topological polar surface area (TPSA) is 92.3 Å². The quantitative estimate of drug-likeness (QED) is 0.555. The van der Waals surface area contributed by atoms with Crippen LogP contribution in [0.15, 0.2) is 27.4 Å². The summed E-state index contributed by atoms with van der Waals surface area (Å²) in [5, 5.41) is 11.0. The summed E-state index contributed by atoms with van der Waals surface area (Å²) >= 11 is 8.90. The number of halogens is 1. The van der Waals surface area contributed by atoms with Gasteiger partial charge >= 0.3 is 0 Å². The third-order valence-electron chi connectivity index (χ3n) is 3.78. The fraction of sp³-hybridized carbons (Fsp3) is 0.400. The molecule has 11 heteroatoms. The first kappa shape index (κ1) is 19.6. The van der Waals surface area contributed by atoms with E-state index in [1.807, 2.05) is 6.92 Å². The molecule has 7 nitrogen and oxygen atoms in total. The highest BCUT2D eigenvalue weighted by Crippen LogP contribution is 2.28. The lowest BCUT2D eigenvalue weighted by Crippen LogP contribution is -2.28. The number of benzene rings is 1. The van der Waals surface area contributed by atoms with Crippen molar-refractivity contribution in [3.05, 3.63) is 28.8 Å². The third-order valence-corrected chi connectivity index (χ3v) is 7.86. The molecule has 0 unspecified atom stereocenters. The van der Waals surface area contributed by atoms with Crippen molar-refractivity contribution in [3.8, 4) is 0 Å². The molecule has 2 aromatic rings. The van der Waals surface area contributed by atoms with Gasteiger partial charge in [0.15, 0.2) is 4.34 Å². The van der Waals surface area contributed by atoms with Crippen LogP contribution in [0.1, 0.15) is 30.1 Å². The van der Waals surface area contributed by atoms with Crippen molar-refractivity contribution in [1.82, 2.24) is 14.5 Å². The van der Waals surface area contributed by atoms with Crippen LogP contribution < -0.4 is 5.32 Å². The number of nitrogens with zero attached hydrogens (tertiary/aromatic N) is 3. The molecule has 26 heavy (non-hydrogen) atoms. The molecule has 1 aromatic heterocycles. The molecular formula is C15H17ClN4O3S3. The number of sulfonamides is 1. The fourth-order valence-corrected chi connectivity index (χ4v) is 5.91. The summed E-state index contributed by atoms with van der Waals surface area (Å²) < 4.78 is 27.5. The lowest BCUT2D eigenvalue weighted by molar-refractivity contribution is 0.102. The van der Waals surface area contributed by atoms with Crippen LogP contribution in [0, 0.1) is 0 Å². The number of thioether (sulfide) groups is 1. The monoisotopic (exact) mass is 432 g/mol. The standard InChI is InChI=1S/C15H17ClN4O3S3/c1-2-24-15-19-18-14(25-15)17-13(21)11-9-10(5-6-12(11)16)26(22,23)20-7-3-4-8-20/h5-6,9H,2-4,7-8H2,1H3,(H,17,18,21). The molecule has 0 spiro atoms. The molecule has 1 saturated heterocycles. The second-order valence-corrected chi connectivity index (χ2v) is 10.3. The van der Waals surface area contributed by atoms with Crippen molar-refractivity contribution in [2.45, 2.75) is 29.0 Å². The molecule has 1 aliphatic rings. The van der Waals surface area contributed by atoms with Gasteiger partial charge in [0, 0.05) is 13.1 Å². The van der Waals surface area contributed by atoms with Gasteiger partial charge in [-0.2, -0.15) is 4.31 Å². The molecule has 0 radical (unpaired) electrons. The molecule has 0 atom stereocenters. The lowest BCUT2D eigenvalue weighted by atomic mass is 10.2. The van der Waals surface area contributed by atoms with E-state index in [0.29, 0.717) is 18.2 Å². The van der Waals surface area contributed by atoms with Crippen LogP contribution in [0.25, 0.3) is 0 Å². The van der Waals surface area contributed by atoms with Crippen molar-refractivity contribution in [3.63, 3.8) is 0 Å². The zero-order chi connectivity index (χ0) is 18.7. The van der Waals surface area contributed by atoms with Gasteiger partial charge in [0.2, 0.25) is 15.2 Å². The van der Waals surface area contributed by atoms with Gasteiger partial charge in [0.25, 0.3) is 5.91 Å². The maximum absolute atomic E-state index is 12.7. The molecule has 1 fully saturated rings. The van der Waals surface area contributed by atoms with E-state index in [9.17, 15) is 13.2 Å². The van der Waals surface area contributed by atoms with Gasteiger partial charge < -0.3 is 0 Å². The number of anilines is 1. The summed E-state index contributed by atoms with van der Waals surface area (Å²) in [7, 11) is -3.62. The van der Waals surface area contributed by atoms with Gasteiger partial charge in [-0.05, 0) is 36.8 Å². The van der Waals surface area contributed by atoms with Crippen LogP contribution in [0.5, 0.6) is 0 Å². The SMILES string of the molecule is CCSc1nnc(NC(=O)c2cc(S(=O)(=O)N3CCCC3)ccc2Cl)s1. The Labute approximate surface area is 165 Å². The Kier molecular flexibility index (Phi) is 6.18. The number of carbonyl (C=O) groups excluding carboxylic acids is 1. The Bertz CT molecular complexity index is 911. The van der Waals surface area contributed by atoms with E-state index in [-0.39, 0.29) is 15.5 Å². The van der Waals surface area contributed by atoms with Gasteiger partial charge in [0.05, 0.1) is 15.5 Å². The van der Waals surface area contributed by atoms with Gasteiger partial charge in [0.1, 0.15) is 0 Å². The molecule has 1 aliphatic heterocycles. The summed E-state index contributed by atoms with van der Waals surface area (Å²) in [6.45, 7) is 2.99. The Morgan fingerprint density at radius 3 is 2.77 bits per heavy atom. The Hall–Kier alpha value is -1.20. The van der Waals surface area contributed by atoms with Crippen molar-refractivity contribution in [2.24, 2.45) is 0 Å². The Balaban J connectivity index is 1.83. The number of aromatic nitrogens is 2. The average molecular weight is 433 g/mol. The predicted molar refractivity (Wildman–Crippen MR) is 104 cm³/mol. The summed E-state index contributed by atoms with van der Waals surface area (Å²) in [6.07, 6.45) is 1.69. The van der Waals surface area contributed by atoms with Crippen LogP contribution in [0.2, 0.25) is 5.02 Å². The molecule has 1 amide bonds. The number of nitrogens with one attached hydrogen (secondary N) is 1. The van der Waals surface area contributed by atoms with Crippen LogP contribution in [-0.4, -0.2) is 47.7 Å². The fourth-order valence-electron chi connectivity index (χ4n) is 2.52. The molecule has 1 N–H and O–H groups in total. The van der Waals surface area contributed by atoms with E-state index in [0.717, 1.165) is 22.9 Å². The largest absolute Gasteiger partial charge is 0.296 e. The summed E-state index contributed by atoms with van der Waals surface area (Å²) in [4.78, 5) is 12.6. The predicted octanol–water partition coefficient (Wildman–Crippen LogP) is 3.34. The number of rotatable bonds is 6. The maximum atomic E-state index is 12.7. The first-order valence-corrected chi connectivity index (χ1v) is 11.6. The minimum Gasteiger partial charge on any atom is -0.296 e. The molecular weight excluding hydrogens is 416 g/mol. The third kappa shape index (κ3) is 4.20. The van der Waals surface area contributed by atoms with Gasteiger partial charge in [-0.15, -0.1) is 10.2 Å². The first-order valence-electron chi connectivity index (χ1n) is 7.99. The Morgan fingerprint density at radius 2 is 2.08 bits per heavy atom. The van der Waals surface area contributed by atoms with Crippen LogP contribution in [0.3, 0.4) is 0 Å². The molecule has 140 valence electrons. The zero-order valence-electron chi connectivity index (χ0n) is 13.9. The van der Waals surface area contributed by atoms with Crippen LogP contribution >= 0.6 is 34.7 Å². The molecule has 0 bridgehead atoms. The second-order valence-electron chi connectivity index (χ2n) is 5.51. The number of hydrogen-bond donors (Lipinski definition) is 1. The molecule has 2 heterocycles. The molecule has 3 rings (SSSR count). The van der Waals surface area contributed by atoms with Crippen LogP contribution in [-0.2, 0) is 10.0 Å². The normalized spacial score (nSPS) is 15.3. The highest BCUT2D eigenvalue weighted by molar-refractivity contribution is 8.01. The molecule has 1 aromatic carbocycles. The number of carbonyl (C=O) groups is 1. The van der Waals surface area contributed by atoms with Crippen LogP contribution in [0.4, 0.5) is 5.13 Å².